The van der Waals surface area contributed by atoms with Gasteiger partial charge in [-0.25, -0.2) is 0 Å². The van der Waals surface area contributed by atoms with E-state index >= 15 is 0 Å². The van der Waals surface area contributed by atoms with Crippen LogP contribution in [-0.4, -0.2) is 17.8 Å². The van der Waals surface area contributed by atoms with Crippen LogP contribution >= 0.6 is 15.9 Å². The number of rotatable bonds is 6. The van der Waals surface area contributed by atoms with Gasteiger partial charge in [0.05, 0.1) is 11.1 Å². The monoisotopic (exact) mass is 288 g/mol. The van der Waals surface area contributed by atoms with Gasteiger partial charge in [-0.3, -0.25) is 4.79 Å². The molecule has 0 spiro atoms. The lowest BCUT2D eigenvalue weighted by atomic mass is 10.4. The molecule has 0 fully saturated rings. The van der Waals surface area contributed by atoms with E-state index < -0.39 is 0 Å². The van der Waals surface area contributed by atoms with Crippen molar-refractivity contribution in [2.75, 3.05) is 18.9 Å². The van der Waals surface area contributed by atoms with Gasteiger partial charge >= 0.3 is 0 Å². The topological polar surface area (TPSA) is 57.2 Å². The van der Waals surface area contributed by atoms with Crippen molar-refractivity contribution in [3.63, 3.8) is 0 Å². The van der Waals surface area contributed by atoms with Crippen molar-refractivity contribution in [1.29, 1.82) is 0 Å². The summed E-state index contributed by atoms with van der Waals surface area (Å²) in [6.07, 6.45) is 3.80. The molecule has 90 valence electrons. The average molecular weight is 289 g/mol. The first-order valence-electron chi connectivity index (χ1n) is 5.38. The summed E-state index contributed by atoms with van der Waals surface area (Å²) >= 11 is 3.18. The SMILES string of the molecule is CCCCOCCn1cc(N)cc(Br)c1=O. The third-order valence-corrected chi connectivity index (χ3v) is 2.75. The number of ether oxygens (including phenoxy) is 1. The molecule has 1 aromatic rings. The second-order valence-corrected chi connectivity index (χ2v) is 4.44. The number of nitrogens with two attached hydrogens (primary N) is 1. The third-order valence-electron chi connectivity index (χ3n) is 2.18. The number of halogens is 1. The Hall–Kier alpha value is -0.810. The molecule has 0 bridgehead atoms. The number of nitrogens with zero attached hydrogens (tertiary/aromatic N) is 1. The molecule has 1 heterocycles. The molecule has 4 nitrogen and oxygen atoms in total. The van der Waals surface area contributed by atoms with Gasteiger partial charge in [0.1, 0.15) is 0 Å². The predicted octanol–water partition coefficient (Wildman–Crippen LogP) is 2.01. The Morgan fingerprint density at radius 2 is 2.25 bits per heavy atom. The van der Waals surface area contributed by atoms with Crippen molar-refractivity contribution >= 4 is 21.6 Å². The minimum Gasteiger partial charge on any atom is -0.398 e. The Kier molecular flexibility index (Phi) is 5.55. The van der Waals surface area contributed by atoms with Crippen LogP contribution in [0, 0.1) is 0 Å². The molecular weight excluding hydrogens is 272 g/mol. The number of aromatic nitrogens is 1. The highest BCUT2D eigenvalue weighted by molar-refractivity contribution is 9.10. The summed E-state index contributed by atoms with van der Waals surface area (Å²) in [5, 5.41) is 0. The molecule has 0 aliphatic heterocycles. The van der Waals surface area contributed by atoms with Crippen LogP contribution in [-0.2, 0) is 11.3 Å². The normalized spacial score (nSPS) is 10.6. The van der Waals surface area contributed by atoms with E-state index in [1.54, 1.807) is 16.8 Å². The molecule has 0 atom stereocenters. The molecule has 5 heteroatoms. The predicted molar refractivity (Wildman–Crippen MR) is 68.5 cm³/mol. The second-order valence-electron chi connectivity index (χ2n) is 3.59. The number of hydrogen-bond acceptors (Lipinski definition) is 3. The zero-order chi connectivity index (χ0) is 12.0. The molecule has 16 heavy (non-hydrogen) atoms. The maximum atomic E-state index is 11.6. The fourth-order valence-corrected chi connectivity index (χ4v) is 1.79. The summed E-state index contributed by atoms with van der Waals surface area (Å²) in [4.78, 5) is 11.6. The van der Waals surface area contributed by atoms with Crippen molar-refractivity contribution < 1.29 is 4.74 Å². The largest absolute Gasteiger partial charge is 0.398 e. The summed E-state index contributed by atoms with van der Waals surface area (Å²) < 4.78 is 7.44. The highest BCUT2D eigenvalue weighted by atomic mass is 79.9. The van der Waals surface area contributed by atoms with Gasteiger partial charge in [0.15, 0.2) is 0 Å². The maximum absolute atomic E-state index is 11.6. The van der Waals surface area contributed by atoms with Crippen molar-refractivity contribution in [3.05, 3.63) is 27.1 Å². The van der Waals surface area contributed by atoms with Crippen LogP contribution in [0.15, 0.2) is 21.5 Å². The smallest absolute Gasteiger partial charge is 0.265 e. The zero-order valence-electron chi connectivity index (χ0n) is 9.41. The summed E-state index contributed by atoms with van der Waals surface area (Å²) in [6.45, 7) is 3.93. The van der Waals surface area contributed by atoms with E-state index in [1.165, 1.54) is 0 Å². The molecule has 0 unspecified atom stereocenters. The number of nitrogen functional groups attached to an aromatic ring is 1. The van der Waals surface area contributed by atoms with Crippen LogP contribution in [0.1, 0.15) is 19.8 Å². The van der Waals surface area contributed by atoms with Crippen LogP contribution in [0.2, 0.25) is 0 Å². The van der Waals surface area contributed by atoms with E-state index in [-0.39, 0.29) is 5.56 Å². The van der Waals surface area contributed by atoms with E-state index in [0.29, 0.717) is 23.3 Å². The minimum absolute atomic E-state index is 0.0757. The van der Waals surface area contributed by atoms with Gasteiger partial charge in [-0.05, 0) is 28.4 Å². The molecule has 0 aliphatic carbocycles. The first-order valence-corrected chi connectivity index (χ1v) is 6.17. The van der Waals surface area contributed by atoms with E-state index in [1.807, 2.05) is 0 Å². The molecule has 1 aromatic heterocycles. The molecule has 1 rings (SSSR count). The Morgan fingerprint density at radius 1 is 1.50 bits per heavy atom. The molecule has 0 aromatic carbocycles. The molecule has 0 saturated heterocycles. The van der Waals surface area contributed by atoms with Gasteiger partial charge < -0.3 is 15.0 Å². The maximum Gasteiger partial charge on any atom is 0.265 e. The molecule has 0 aliphatic rings. The van der Waals surface area contributed by atoms with Crippen LogP contribution in [0.25, 0.3) is 0 Å². The van der Waals surface area contributed by atoms with Crippen LogP contribution in [0.4, 0.5) is 5.69 Å². The lowest BCUT2D eigenvalue weighted by Crippen LogP contribution is -2.23. The highest BCUT2D eigenvalue weighted by Gasteiger charge is 2.02. The molecule has 0 radical (unpaired) electrons. The lowest BCUT2D eigenvalue weighted by Gasteiger charge is -2.08. The first-order chi connectivity index (χ1) is 7.65. The summed E-state index contributed by atoms with van der Waals surface area (Å²) in [7, 11) is 0. The lowest BCUT2D eigenvalue weighted by molar-refractivity contribution is 0.123. The fraction of sp³-hybridized carbons (Fsp3) is 0.545. The van der Waals surface area contributed by atoms with Gasteiger partial charge in [0, 0.05) is 25.0 Å². The van der Waals surface area contributed by atoms with Gasteiger partial charge in [-0.1, -0.05) is 13.3 Å². The Labute approximate surface area is 104 Å². The van der Waals surface area contributed by atoms with E-state index in [2.05, 4.69) is 22.9 Å². The Morgan fingerprint density at radius 3 is 2.94 bits per heavy atom. The van der Waals surface area contributed by atoms with Gasteiger partial charge in [-0.2, -0.15) is 0 Å². The zero-order valence-corrected chi connectivity index (χ0v) is 11.0. The van der Waals surface area contributed by atoms with E-state index in [4.69, 9.17) is 10.5 Å². The van der Waals surface area contributed by atoms with Crippen molar-refractivity contribution in [2.45, 2.75) is 26.3 Å². The standard InChI is InChI=1S/C11H17BrN2O2/c1-2-3-5-16-6-4-14-8-9(13)7-10(12)11(14)15/h7-8H,2-6,13H2,1H3. The summed E-state index contributed by atoms with van der Waals surface area (Å²) in [6, 6.07) is 1.61. The van der Waals surface area contributed by atoms with Crippen molar-refractivity contribution in [1.82, 2.24) is 4.57 Å². The van der Waals surface area contributed by atoms with Crippen molar-refractivity contribution in [2.24, 2.45) is 0 Å². The van der Waals surface area contributed by atoms with Crippen LogP contribution < -0.4 is 11.3 Å². The second kappa shape index (κ2) is 6.70. The number of anilines is 1. The number of unbranched alkanes of at least 4 members (excludes halogenated alkanes) is 1. The minimum atomic E-state index is -0.0757. The molecular formula is C11H17BrN2O2. The number of hydrogen-bond donors (Lipinski definition) is 1. The summed E-state index contributed by atoms with van der Waals surface area (Å²) in [5.74, 6) is 0. The van der Waals surface area contributed by atoms with Gasteiger partial charge in [0.2, 0.25) is 0 Å². The Balaban J connectivity index is 2.51. The van der Waals surface area contributed by atoms with Crippen LogP contribution in [0.3, 0.4) is 0 Å². The third kappa shape index (κ3) is 3.98. The van der Waals surface area contributed by atoms with Crippen molar-refractivity contribution in [3.8, 4) is 0 Å². The first kappa shape index (κ1) is 13.3. The van der Waals surface area contributed by atoms with Gasteiger partial charge in [-0.15, -0.1) is 0 Å². The molecule has 0 saturated carbocycles. The summed E-state index contributed by atoms with van der Waals surface area (Å²) in [5.41, 5.74) is 6.14. The molecule has 2 N–H and O–H groups in total. The number of pyridine rings is 1. The quantitative estimate of drug-likeness (QED) is 0.815. The Bertz CT molecular complexity index is 390. The van der Waals surface area contributed by atoms with E-state index in [9.17, 15) is 4.79 Å². The van der Waals surface area contributed by atoms with Gasteiger partial charge in [0.25, 0.3) is 5.56 Å². The fourth-order valence-electron chi connectivity index (χ4n) is 1.30. The average Bonchev–Trinajstić information content (AvgIpc) is 2.24. The van der Waals surface area contributed by atoms with Crippen LogP contribution in [0.5, 0.6) is 0 Å². The highest BCUT2D eigenvalue weighted by Crippen LogP contribution is 2.07. The molecule has 0 amide bonds. The van der Waals surface area contributed by atoms with E-state index in [0.717, 1.165) is 19.4 Å².